The van der Waals surface area contributed by atoms with Gasteiger partial charge in [0, 0.05) is 38.4 Å². The van der Waals surface area contributed by atoms with E-state index in [1.165, 1.54) is 6.07 Å². The summed E-state index contributed by atoms with van der Waals surface area (Å²) in [6.07, 6.45) is 1.31. The summed E-state index contributed by atoms with van der Waals surface area (Å²) in [7, 11) is 0. The van der Waals surface area contributed by atoms with Crippen molar-refractivity contribution >= 4 is 23.2 Å². The summed E-state index contributed by atoms with van der Waals surface area (Å²) < 4.78 is 19.0. The van der Waals surface area contributed by atoms with Crippen molar-refractivity contribution in [1.29, 1.82) is 0 Å². The molecule has 3 heterocycles. The minimum atomic E-state index is -0.652. The van der Waals surface area contributed by atoms with Crippen LogP contribution in [-0.4, -0.2) is 73.3 Å². The second-order valence-electron chi connectivity index (χ2n) is 9.22. The number of benzene rings is 2. The minimum Gasteiger partial charge on any atom is -0.506 e. The fraction of sp³-hybridized carbons (Fsp3) is 0.480. The highest BCUT2D eigenvalue weighted by Gasteiger charge is 2.52. The molecule has 33 heavy (non-hydrogen) atoms. The largest absolute Gasteiger partial charge is 0.506 e. The molecule has 3 aliphatic rings. The highest BCUT2D eigenvalue weighted by atomic mass is 35.5. The molecule has 6 nitrogen and oxygen atoms in total. The first kappa shape index (κ1) is 22.6. The molecular formula is C25H29ClFN3O3. The zero-order chi connectivity index (χ0) is 23.0. The maximum atomic E-state index is 13.8. The van der Waals surface area contributed by atoms with Crippen molar-refractivity contribution in [2.75, 3.05) is 57.4 Å². The Balaban J connectivity index is 1.35. The number of phenols is 1. The van der Waals surface area contributed by atoms with Gasteiger partial charge in [-0.2, -0.15) is 0 Å². The van der Waals surface area contributed by atoms with E-state index in [4.69, 9.17) is 16.3 Å². The molecule has 0 aliphatic carbocycles. The number of ether oxygens (including phenoxy) is 1. The molecule has 0 bridgehead atoms. The number of rotatable bonds is 5. The lowest BCUT2D eigenvalue weighted by molar-refractivity contribution is -0.125. The van der Waals surface area contributed by atoms with Gasteiger partial charge in [-0.3, -0.25) is 14.6 Å². The SMILES string of the molecule is O=C1N(CCN2CCOCC2)c2cc(Cl)c(O)cc2C12CCN(Cc1cccc(F)c1)CC2. The van der Waals surface area contributed by atoms with Crippen LogP contribution < -0.4 is 4.90 Å². The van der Waals surface area contributed by atoms with Crippen molar-refractivity contribution in [3.63, 3.8) is 0 Å². The summed E-state index contributed by atoms with van der Waals surface area (Å²) in [5.74, 6) is -0.123. The molecule has 8 heteroatoms. The standard InChI is InChI=1S/C25H29ClFN3O3/c26-21-16-22-20(15-23(21)31)25(24(32)30(22)9-8-28-10-12-33-13-11-28)4-6-29(7-5-25)17-18-2-1-3-19(27)14-18/h1-3,14-16,31H,4-13,17H2. The van der Waals surface area contributed by atoms with E-state index in [1.54, 1.807) is 24.3 Å². The maximum absolute atomic E-state index is 13.8. The lowest BCUT2D eigenvalue weighted by atomic mass is 9.73. The number of anilines is 1. The number of phenolic OH excluding ortho intramolecular Hbond substituents is 1. The van der Waals surface area contributed by atoms with Gasteiger partial charge in [0.1, 0.15) is 11.6 Å². The molecule has 5 rings (SSSR count). The number of hydrogen-bond acceptors (Lipinski definition) is 5. The molecule has 2 aromatic carbocycles. The fourth-order valence-corrected chi connectivity index (χ4v) is 5.56. The Kier molecular flexibility index (Phi) is 6.31. The molecule has 3 aliphatic heterocycles. The molecule has 0 saturated carbocycles. The second-order valence-corrected chi connectivity index (χ2v) is 9.63. The van der Waals surface area contributed by atoms with Gasteiger partial charge >= 0.3 is 0 Å². The number of carbonyl (C=O) groups is 1. The molecular weight excluding hydrogens is 445 g/mol. The van der Waals surface area contributed by atoms with Gasteiger partial charge < -0.3 is 14.7 Å². The summed E-state index contributed by atoms with van der Waals surface area (Å²) in [6.45, 7) is 6.63. The Morgan fingerprint density at radius 3 is 2.52 bits per heavy atom. The van der Waals surface area contributed by atoms with Crippen LogP contribution in [0.25, 0.3) is 0 Å². The lowest BCUT2D eigenvalue weighted by Gasteiger charge is -2.38. The molecule has 0 atom stereocenters. The van der Waals surface area contributed by atoms with E-state index in [2.05, 4.69) is 9.80 Å². The highest BCUT2D eigenvalue weighted by Crippen LogP contribution is 2.50. The van der Waals surface area contributed by atoms with Gasteiger partial charge in [0.05, 0.1) is 23.7 Å². The van der Waals surface area contributed by atoms with E-state index < -0.39 is 5.41 Å². The minimum absolute atomic E-state index is 0.0137. The molecule has 1 amide bonds. The van der Waals surface area contributed by atoms with Gasteiger partial charge in [0.15, 0.2) is 0 Å². The van der Waals surface area contributed by atoms with Crippen LogP contribution in [0.15, 0.2) is 36.4 Å². The van der Waals surface area contributed by atoms with E-state index in [0.717, 1.165) is 62.8 Å². The van der Waals surface area contributed by atoms with E-state index >= 15 is 0 Å². The number of morpholine rings is 1. The van der Waals surface area contributed by atoms with Crippen LogP contribution in [0.2, 0.25) is 5.02 Å². The molecule has 2 aromatic rings. The van der Waals surface area contributed by atoms with Gasteiger partial charge in [0.25, 0.3) is 0 Å². The topological polar surface area (TPSA) is 56.3 Å². The highest BCUT2D eigenvalue weighted by molar-refractivity contribution is 6.32. The predicted molar refractivity (Wildman–Crippen MR) is 125 cm³/mol. The molecule has 2 fully saturated rings. The van der Waals surface area contributed by atoms with E-state index in [9.17, 15) is 14.3 Å². The fourth-order valence-electron chi connectivity index (χ4n) is 5.40. The monoisotopic (exact) mass is 473 g/mol. The molecule has 1 spiro atoms. The van der Waals surface area contributed by atoms with Crippen LogP contribution in [0, 0.1) is 5.82 Å². The Labute approximate surface area is 198 Å². The van der Waals surface area contributed by atoms with Crippen molar-refractivity contribution in [2.24, 2.45) is 0 Å². The summed E-state index contributed by atoms with van der Waals surface area (Å²) in [5.41, 5.74) is 1.97. The smallest absolute Gasteiger partial charge is 0.237 e. The van der Waals surface area contributed by atoms with Gasteiger partial charge in [-0.1, -0.05) is 23.7 Å². The zero-order valence-electron chi connectivity index (χ0n) is 18.6. The van der Waals surface area contributed by atoms with Crippen LogP contribution in [0.5, 0.6) is 5.75 Å². The number of aromatic hydroxyl groups is 1. The first-order valence-electron chi connectivity index (χ1n) is 11.6. The van der Waals surface area contributed by atoms with Gasteiger partial charge in [-0.05, 0) is 61.3 Å². The summed E-state index contributed by atoms with van der Waals surface area (Å²) >= 11 is 6.25. The zero-order valence-corrected chi connectivity index (χ0v) is 19.4. The Morgan fingerprint density at radius 1 is 1.03 bits per heavy atom. The summed E-state index contributed by atoms with van der Waals surface area (Å²) in [6, 6.07) is 10.1. The third-order valence-corrected chi connectivity index (χ3v) is 7.58. The maximum Gasteiger partial charge on any atom is 0.237 e. The molecule has 0 unspecified atom stereocenters. The first-order chi connectivity index (χ1) is 16.0. The molecule has 2 saturated heterocycles. The van der Waals surface area contributed by atoms with Crippen LogP contribution >= 0.6 is 11.6 Å². The Morgan fingerprint density at radius 2 is 1.79 bits per heavy atom. The number of hydrogen-bond donors (Lipinski definition) is 1. The third kappa shape index (κ3) is 4.35. The second kappa shape index (κ2) is 9.22. The number of piperidine rings is 1. The number of fused-ring (bicyclic) bond motifs is 2. The number of amides is 1. The molecule has 1 N–H and O–H groups in total. The van der Waals surface area contributed by atoms with Crippen molar-refractivity contribution < 1.29 is 19.0 Å². The molecule has 176 valence electrons. The number of carbonyl (C=O) groups excluding carboxylic acids is 1. The average molecular weight is 474 g/mol. The van der Waals surface area contributed by atoms with E-state index in [0.29, 0.717) is 25.9 Å². The van der Waals surface area contributed by atoms with Crippen LogP contribution in [0.4, 0.5) is 10.1 Å². The van der Waals surface area contributed by atoms with Crippen LogP contribution in [0.3, 0.4) is 0 Å². The number of halogens is 2. The van der Waals surface area contributed by atoms with E-state index in [-0.39, 0.29) is 22.5 Å². The van der Waals surface area contributed by atoms with Crippen molar-refractivity contribution in [3.8, 4) is 5.75 Å². The van der Waals surface area contributed by atoms with Gasteiger partial charge in [-0.15, -0.1) is 0 Å². The van der Waals surface area contributed by atoms with Crippen LogP contribution in [0.1, 0.15) is 24.0 Å². The predicted octanol–water partition coefficient (Wildman–Crippen LogP) is 3.40. The first-order valence-corrected chi connectivity index (χ1v) is 12.0. The van der Waals surface area contributed by atoms with Crippen LogP contribution in [-0.2, 0) is 21.5 Å². The van der Waals surface area contributed by atoms with Crippen molar-refractivity contribution in [2.45, 2.75) is 24.8 Å². The normalized spacial score (nSPS) is 21.0. The van der Waals surface area contributed by atoms with Gasteiger partial charge in [-0.25, -0.2) is 4.39 Å². The molecule has 0 radical (unpaired) electrons. The van der Waals surface area contributed by atoms with Gasteiger partial charge in [0.2, 0.25) is 5.91 Å². The Hall–Kier alpha value is -2.19. The quantitative estimate of drug-likeness (QED) is 0.721. The average Bonchev–Trinajstić information content (AvgIpc) is 3.02. The van der Waals surface area contributed by atoms with Crippen molar-refractivity contribution in [3.05, 3.63) is 58.4 Å². The lowest BCUT2D eigenvalue weighted by Crippen LogP contribution is -2.50. The molecule has 0 aromatic heterocycles. The number of nitrogens with zero attached hydrogens (tertiary/aromatic N) is 3. The third-order valence-electron chi connectivity index (χ3n) is 7.27. The summed E-state index contributed by atoms with van der Waals surface area (Å²) in [5, 5.41) is 10.6. The van der Waals surface area contributed by atoms with E-state index in [1.807, 2.05) is 11.0 Å². The summed E-state index contributed by atoms with van der Waals surface area (Å²) in [4.78, 5) is 20.3. The Bertz CT molecular complexity index is 1040. The van der Waals surface area contributed by atoms with Crippen molar-refractivity contribution in [1.82, 2.24) is 9.80 Å². The number of likely N-dealkylation sites (tertiary alicyclic amines) is 1.